The summed E-state index contributed by atoms with van der Waals surface area (Å²) >= 11 is 0. The summed E-state index contributed by atoms with van der Waals surface area (Å²) in [5.41, 5.74) is 15.8. The molecule has 9 aromatic carbocycles. The Balaban J connectivity index is 1.00. The summed E-state index contributed by atoms with van der Waals surface area (Å²) in [6.45, 7) is 0. The van der Waals surface area contributed by atoms with Crippen LogP contribution in [0.25, 0.3) is 100 Å². The van der Waals surface area contributed by atoms with E-state index in [1.165, 1.54) is 44.1 Å². The van der Waals surface area contributed by atoms with Gasteiger partial charge in [-0.25, -0.2) is 9.67 Å². The molecule has 0 aliphatic heterocycles. The quantitative estimate of drug-likeness (QED) is 0.154. The van der Waals surface area contributed by atoms with Crippen molar-refractivity contribution in [2.24, 2.45) is 0 Å². The number of para-hydroxylation sites is 2. The first kappa shape index (κ1) is 35.1. The summed E-state index contributed by atoms with van der Waals surface area (Å²) in [5, 5.41) is 7.62. The summed E-state index contributed by atoms with van der Waals surface area (Å²) in [7, 11) is 0. The Morgan fingerprint density at radius 2 is 0.767 bits per heavy atom. The molecule has 11 aromatic rings. The topological polar surface area (TPSA) is 35.6 Å². The minimum Gasteiger partial charge on any atom is -0.309 e. The largest absolute Gasteiger partial charge is 0.309 e. The van der Waals surface area contributed by atoms with Gasteiger partial charge in [-0.15, -0.1) is 5.10 Å². The van der Waals surface area contributed by atoms with E-state index in [9.17, 15) is 0 Å². The Bertz CT molecular complexity index is 3290. The van der Waals surface area contributed by atoms with Crippen LogP contribution in [0.5, 0.6) is 0 Å². The van der Waals surface area contributed by atoms with Crippen molar-refractivity contribution in [3.8, 4) is 78.7 Å². The molecule has 0 saturated heterocycles. The SMILES string of the molecule is c1ccc(-c2nc(-c3ccccc3-c3ccccc3)n(-c3ccc(-c4ccccc4-c4ccccc4-c4ccc5c(c4)c4ccccc4n5-c4ccccc4)cc3)n2)cc1. The number of rotatable bonds is 8. The van der Waals surface area contributed by atoms with Crippen molar-refractivity contribution in [2.45, 2.75) is 0 Å². The molecule has 0 spiro atoms. The van der Waals surface area contributed by atoms with Crippen LogP contribution in [0.15, 0.2) is 231 Å². The molecule has 4 nitrogen and oxygen atoms in total. The van der Waals surface area contributed by atoms with Gasteiger partial charge >= 0.3 is 0 Å². The van der Waals surface area contributed by atoms with E-state index in [0.717, 1.165) is 50.6 Å². The highest BCUT2D eigenvalue weighted by Crippen LogP contribution is 2.41. The van der Waals surface area contributed by atoms with Crippen molar-refractivity contribution >= 4 is 21.8 Å². The van der Waals surface area contributed by atoms with Crippen molar-refractivity contribution < 1.29 is 0 Å². The second-order valence-electron chi connectivity index (χ2n) is 15.0. The number of hydrogen-bond donors (Lipinski definition) is 0. The van der Waals surface area contributed by atoms with Crippen molar-refractivity contribution in [1.29, 1.82) is 0 Å². The molecule has 4 heteroatoms. The summed E-state index contributed by atoms with van der Waals surface area (Å²) in [6.07, 6.45) is 0. The number of fused-ring (bicyclic) bond motifs is 3. The van der Waals surface area contributed by atoms with Crippen LogP contribution in [0, 0.1) is 0 Å². The Morgan fingerprint density at radius 1 is 0.300 bits per heavy atom. The molecule has 60 heavy (non-hydrogen) atoms. The zero-order valence-electron chi connectivity index (χ0n) is 32.7. The Morgan fingerprint density at radius 3 is 1.43 bits per heavy atom. The van der Waals surface area contributed by atoms with E-state index < -0.39 is 0 Å². The zero-order chi connectivity index (χ0) is 39.8. The lowest BCUT2D eigenvalue weighted by atomic mass is 9.89. The van der Waals surface area contributed by atoms with Crippen LogP contribution in [0.3, 0.4) is 0 Å². The Labute approximate surface area is 348 Å². The lowest BCUT2D eigenvalue weighted by molar-refractivity contribution is 0.891. The third kappa shape index (κ3) is 6.19. The van der Waals surface area contributed by atoms with Crippen molar-refractivity contribution in [3.05, 3.63) is 231 Å². The fraction of sp³-hybridized carbons (Fsp3) is 0. The van der Waals surface area contributed by atoms with Crippen LogP contribution in [0.1, 0.15) is 0 Å². The lowest BCUT2D eigenvalue weighted by Gasteiger charge is -2.16. The first-order valence-electron chi connectivity index (χ1n) is 20.3. The predicted octanol–water partition coefficient (Wildman–Crippen LogP) is 14.4. The molecule has 0 atom stereocenters. The number of hydrogen-bond acceptors (Lipinski definition) is 2. The first-order chi connectivity index (χ1) is 29.8. The second-order valence-corrected chi connectivity index (χ2v) is 15.0. The van der Waals surface area contributed by atoms with Gasteiger partial charge in [-0.2, -0.15) is 0 Å². The highest BCUT2D eigenvalue weighted by molar-refractivity contribution is 6.11. The minimum atomic E-state index is 0.683. The monoisotopic (exact) mass is 766 g/mol. The third-order valence-electron chi connectivity index (χ3n) is 11.5. The van der Waals surface area contributed by atoms with Gasteiger partial charge in [0.1, 0.15) is 0 Å². The fourth-order valence-electron chi connectivity index (χ4n) is 8.64. The van der Waals surface area contributed by atoms with E-state index in [1.807, 2.05) is 28.9 Å². The van der Waals surface area contributed by atoms with E-state index >= 15 is 0 Å². The smallest absolute Gasteiger partial charge is 0.182 e. The molecule has 0 aliphatic rings. The van der Waals surface area contributed by atoms with E-state index in [1.54, 1.807) is 0 Å². The Hall–Kier alpha value is -8.08. The summed E-state index contributed by atoms with van der Waals surface area (Å²) in [4.78, 5) is 5.19. The van der Waals surface area contributed by atoms with Gasteiger partial charge in [0.2, 0.25) is 0 Å². The van der Waals surface area contributed by atoms with Crippen LogP contribution in [-0.2, 0) is 0 Å². The van der Waals surface area contributed by atoms with E-state index in [2.05, 4.69) is 211 Å². The number of benzene rings is 9. The molecule has 2 heterocycles. The molecule has 0 bridgehead atoms. The summed E-state index contributed by atoms with van der Waals surface area (Å²) in [6, 6.07) is 81.6. The van der Waals surface area contributed by atoms with Crippen molar-refractivity contribution in [2.75, 3.05) is 0 Å². The normalized spacial score (nSPS) is 11.3. The summed E-state index contributed by atoms with van der Waals surface area (Å²) in [5.74, 6) is 1.47. The molecule has 0 amide bonds. The molecule has 0 unspecified atom stereocenters. The van der Waals surface area contributed by atoms with Gasteiger partial charge in [-0.3, -0.25) is 0 Å². The first-order valence-corrected chi connectivity index (χ1v) is 20.3. The van der Waals surface area contributed by atoms with Gasteiger partial charge < -0.3 is 4.57 Å². The minimum absolute atomic E-state index is 0.683. The van der Waals surface area contributed by atoms with E-state index in [4.69, 9.17) is 10.1 Å². The molecule has 0 saturated carbocycles. The second kappa shape index (κ2) is 15.0. The summed E-state index contributed by atoms with van der Waals surface area (Å²) < 4.78 is 4.35. The van der Waals surface area contributed by atoms with Crippen LogP contribution in [0.2, 0.25) is 0 Å². The van der Waals surface area contributed by atoms with Crippen molar-refractivity contribution in [3.63, 3.8) is 0 Å². The highest BCUT2D eigenvalue weighted by Gasteiger charge is 2.20. The van der Waals surface area contributed by atoms with Crippen LogP contribution in [-0.4, -0.2) is 19.3 Å². The fourth-order valence-corrected chi connectivity index (χ4v) is 8.64. The molecular weight excluding hydrogens is 729 g/mol. The molecule has 0 fully saturated rings. The average molecular weight is 767 g/mol. The molecule has 0 aliphatic carbocycles. The zero-order valence-corrected chi connectivity index (χ0v) is 32.7. The number of nitrogens with zero attached hydrogens (tertiary/aromatic N) is 4. The predicted molar refractivity (Wildman–Crippen MR) is 248 cm³/mol. The van der Waals surface area contributed by atoms with Crippen LogP contribution >= 0.6 is 0 Å². The van der Waals surface area contributed by atoms with Gasteiger partial charge in [0.05, 0.1) is 16.7 Å². The molecule has 11 rings (SSSR count). The maximum absolute atomic E-state index is 5.19. The lowest BCUT2D eigenvalue weighted by Crippen LogP contribution is -2.01. The van der Waals surface area contributed by atoms with Gasteiger partial charge in [0, 0.05) is 27.6 Å². The standard InChI is InChI=1S/C56H38N4/c1-4-18-39(19-5-1)46-25-12-15-30-51(46)56-57-55(41-20-6-2-7-21-41)58-60(56)44-35-32-40(33-36-44)45-24-10-13-27-48(45)49-28-14-11-26-47(49)42-34-37-54-52(38-42)50-29-16-17-31-53(50)59(54)43-22-8-3-9-23-43/h1-38H. The van der Waals surface area contributed by atoms with E-state index in [-0.39, 0.29) is 0 Å². The molecule has 2 aromatic heterocycles. The van der Waals surface area contributed by atoms with Gasteiger partial charge in [0.15, 0.2) is 11.6 Å². The number of aromatic nitrogens is 4. The van der Waals surface area contributed by atoms with E-state index in [0.29, 0.717) is 5.82 Å². The maximum Gasteiger partial charge on any atom is 0.182 e. The van der Waals surface area contributed by atoms with Crippen molar-refractivity contribution in [1.82, 2.24) is 19.3 Å². The molecule has 282 valence electrons. The van der Waals surface area contributed by atoms with Crippen LogP contribution in [0.4, 0.5) is 0 Å². The third-order valence-corrected chi connectivity index (χ3v) is 11.5. The highest BCUT2D eigenvalue weighted by atomic mass is 15.4. The maximum atomic E-state index is 5.19. The van der Waals surface area contributed by atoms with Gasteiger partial charge in [0.25, 0.3) is 0 Å². The van der Waals surface area contributed by atoms with Gasteiger partial charge in [-0.05, 0) is 87.0 Å². The molecule has 0 radical (unpaired) electrons. The molecular formula is C56H38N4. The van der Waals surface area contributed by atoms with Crippen LogP contribution < -0.4 is 0 Å². The van der Waals surface area contributed by atoms with Gasteiger partial charge in [-0.1, -0.05) is 188 Å². The average Bonchev–Trinajstić information content (AvgIpc) is 3.93. The Kier molecular flexibility index (Phi) is 8.79. The molecule has 0 N–H and O–H groups in total.